The van der Waals surface area contributed by atoms with Gasteiger partial charge in [-0.25, -0.2) is 4.79 Å². The van der Waals surface area contributed by atoms with E-state index in [-0.39, 0.29) is 11.6 Å². The first kappa shape index (κ1) is 9.92. The zero-order valence-corrected chi connectivity index (χ0v) is 8.22. The lowest BCUT2D eigenvalue weighted by molar-refractivity contribution is 0.737. The van der Waals surface area contributed by atoms with E-state index in [1.807, 2.05) is 20.8 Å². The highest BCUT2D eigenvalue weighted by molar-refractivity contribution is 5.26. The van der Waals surface area contributed by atoms with Crippen LogP contribution in [0, 0.1) is 13.8 Å². The minimum atomic E-state index is -0.289. The van der Waals surface area contributed by atoms with Crippen molar-refractivity contribution < 1.29 is 0 Å². The summed E-state index contributed by atoms with van der Waals surface area (Å²) in [7, 11) is 0. The molecule has 0 spiro atoms. The fraction of sp³-hybridized carbons (Fsp3) is 0.556. The van der Waals surface area contributed by atoms with E-state index in [0.29, 0.717) is 6.54 Å². The van der Waals surface area contributed by atoms with Crippen LogP contribution in [0.15, 0.2) is 4.79 Å². The molecule has 0 fully saturated rings. The molecule has 0 aromatic carbocycles. The Kier molecular flexibility index (Phi) is 2.83. The van der Waals surface area contributed by atoms with Gasteiger partial charge in [-0.1, -0.05) is 6.92 Å². The molecule has 0 saturated carbocycles. The van der Waals surface area contributed by atoms with Crippen molar-refractivity contribution >= 4 is 0 Å². The van der Waals surface area contributed by atoms with Crippen molar-refractivity contribution in [1.82, 2.24) is 9.97 Å². The summed E-state index contributed by atoms with van der Waals surface area (Å²) in [5.41, 5.74) is 7.98. The number of aromatic amines is 1. The van der Waals surface area contributed by atoms with Gasteiger partial charge in [0.05, 0.1) is 0 Å². The zero-order chi connectivity index (χ0) is 10.0. The summed E-state index contributed by atoms with van der Waals surface area (Å²) < 4.78 is 0. The Morgan fingerprint density at radius 3 is 2.62 bits per heavy atom. The lowest BCUT2D eigenvalue weighted by Gasteiger charge is -2.13. The standard InChI is InChI=1S/C9H15N3O/c1-5(4-10)8-6(2)11-9(13)12-7(8)3/h5H,4,10H2,1-3H3,(H,11,12,13). The van der Waals surface area contributed by atoms with Crippen molar-refractivity contribution in [3.05, 3.63) is 27.4 Å². The normalized spacial score (nSPS) is 12.9. The van der Waals surface area contributed by atoms with E-state index in [4.69, 9.17) is 5.73 Å². The van der Waals surface area contributed by atoms with Gasteiger partial charge in [0.2, 0.25) is 0 Å². The molecule has 0 aliphatic carbocycles. The van der Waals surface area contributed by atoms with Crippen LogP contribution in [0.2, 0.25) is 0 Å². The third-order valence-electron chi connectivity index (χ3n) is 2.20. The first-order valence-corrected chi connectivity index (χ1v) is 4.33. The quantitative estimate of drug-likeness (QED) is 0.695. The lowest BCUT2D eigenvalue weighted by Crippen LogP contribution is -2.20. The molecular weight excluding hydrogens is 166 g/mol. The lowest BCUT2D eigenvalue weighted by atomic mass is 9.98. The maximum Gasteiger partial charge on any atom is 0.345 e. The Labute approximate surface area is 77.2 Å². The monoisotopic (exact) mass is 181 g/mol. The summed E-state index contributed by atoms with van der Waals surface area (Å²) in [4.78, 5) is 17.5. The highest BCUT2D eigenvalue weighted by atomic mass is 16.1. The highest BCUT2D eigenvalue weighted by Gasteiger charge is 2.11. The second-order valence-corrected chi connectivity index (χ2v) is 3.30. The zero-order valence-electron chi connectivity index (χ0n) is 8.22. The van der Waals surface area contributed by atoms with Gasteiger partial charge in [-0.3, -0.25) is 0 Å². The number of nitrogens with zero attached hydrogens (tertiary/aromatic N) is 1. The third-order valence-corrected chi connectivity index (χ3v) is 2.20. The number of H-pyrrole nitrogens is 1. The summed E-state index contributed by atoms with van der Waals surface area (Å²) in [6, 6.07) is 0. The van der Waals surface area contributed by atoms with Crippen LogP contribution < -0.4 is 11.4 Å². The van der Waals surface area contributed by atoms with Crippen LogP contribution in [0.1, 0.15) is 29.8 Å². The summed E-state index contributed by atoms with van der Waals surface area (Å²) in [5.74, 6) is 0.240. The van der Waals surface area contributed by atoms with E-state index < -0.39 is 0 Å². The SMILES string of the molecule is Cc1nc(=O)[nH]c(C)c1C(C)CN. The molecule has 1 aromatic heterocycles. The smallest absolute Gasteiger partial charge is 0.330 e. The number of aromatic nitrogens is 2. The van der Waals surface area contributed by atoms with Crippen LogP contribution in [-0.4, -0.2) is 16.5 Å². The van der Waals surface area contributed by atoms with Gasteiger partial charge >= 0.3 is 5.69 Å². The Hall–Kier alpha value is -1.16. The van der Waals surface area contributed by atoms with Gasteiger partial charge in [-0.05, 0) is 31.9 Å². The Bertz CT molecular complexity index is 330. The minimum absolute atomic E-state index is 0.240. The average molecular weight is 181 g/mol. The molecule has 0 radical (unpaired) electrons. The van der Waals surface area contributed by atoms with Crippen LogP contribution in [0.4, 0.5) is 0 Å². The molecular formula is C9H15N3O. The molecule has 1 atom stereocenters. The van der Waals surface area contributed by atoms with E-state index in [1.54, 1.807) is 0 Å². The van der Waals surface area contributed by atoms with Crippen molar-refractivity contribution in [2.45, 2.75) is 26.7 Å². The minimum Gasteiger partial charge on any atom is -0.330 e. The highest BCUT2D eigenvalue weighted by Crippen LogP contribution is 2.17. The van der Waals surface area contributed by atoms with E-state index in [9.17, 15) is 4.79 Å². The number of hydrogen-bond donors (Lipinski definition) is 2. The van der Waals surface area contributed by atoms with Crippen molar-refractivity contribution in [2.75, 3.05) is 6.54 Å². The second kappa shape index (κ2) is 3.70. The van der Waals surface area contributed by atoms with Crippen molar-refractivity contribution in [3.8, 4) is 0 Å². The molecule has 0 saturated heterocycles. The molecule has 13 heavy (non-hydrogen) atoms. The molecule has 4 heteroatoms. The van der Waals surface area contributed by atoms with E-state index in [1.165, 1.54) is 0 Å². The van der Waals surface area contributed by atoms with Gasteiger partial charge in [0.1, 0.15) is 0 Å². The van der Waals surface area contributed by atoms with Crippen molar-refractivity contribution in [3.63, 3.8) is 0 Å². The molecule has 1 rings (SSSR count). The summed E-state index contributed by atoms with van der Waals surface area (Å²) in [6.07, 6.45) is 0. The number of aryl methyl sites for hydroxylation is 2. The van der Waals surface area contributed by atoms with Gasteiger partial charge < -0.3 is 10.7 Å². The Morgan fingerprint density at radius 2 is 2.15 bits per heavy atom. The van der Waals surface area contributed by atoms with Gasteiger partial charge in [-0.2, -0.15) is 4.98 Å². The van der Waals surface area contributed by atoms with E-state index in [2.05, 4.69) is 9.97 Å². The predicted octanol–water partition coefficient (Wildman–Crippen LogP) is 0.449. The molecule has 1 aromatic rings. The number of nitrogens with one attached hydrogen (secondary N) is 1. The van der Waals surface area contributed by atoms with E-state index >= 15 is 0 Å². The topological polar surface area (TPSA) is 71.8 Å². The average Bonchev–Trinajstić information content (AvgIpc) is 2.02. The molecule has 1 unspecified atom stereocenters. The van der Waals surface area contributed by atoms with Gasteiger partial charge in [0, 0.05) is 11.4 Å². The Morgan fingerprint density at radius 1 is 1.54 bits per heavy atom. The number of rotatable bonds is 2. The van der Waals surface area contributed by atoms with Crippen LogP contribution in [0.25, 0.3) is 0 Å². The number of nitrogens with two attached hydrogens (primary N) is 1. The van der Waals surface area contributed by atoms with Gasteiger partial charge in [0.25, 0.3) is 0 Å². The largest absolute Gasteiger partial charge is 0.345 e. The predicted molar refractivity (Wildman–Crippen MR) is 51.8 cm³/mol. The fourth-order valence-corrected chi connectivity index (χ4v) is 1.58. The van der Waals surface area contributed by atoms with Crippen LogP contribution in [0.3, 0.4) is 0 Å². The molecule has 72 valence electrons. The van der Waals surface area contributed by atoms with Gasteiger partial charge in [-0.15, -0.1) is 0 Å². The van der Waals surface area contributed by atoms with Gasteiger partial charge in [0.15, 0.2) is 0 Å². The summed E-state index contributed by atoms with van der Waals surface area (Å²) in [6.45, 7) is 6.30. The molecule has 1 heterocycles. The fourth-order valence-electron chi connectivity index (χ4n) is 1.58. The molecule has 3 N–H and O–H groups in total. The third kappa shape index (κ3) is 1.95. The van der Waals surface area contributed by atoms with Crippen molar-refractivity contribution in [1.29, 1.82) is 0 Å². The molecule has 0 aliphatic heterocycles. The first-order valence-electron chi connectivity index (χ1n) is 4.33. The van der Waals surface area contributed by atoms with Crippen LogP contribution in [-0.2, 0) is 0 Å². The Balaban J connectivity index is 3.28. The maximum absolute atomic E-state index is 11.0. The molecule has 0 amide bonds. The summed E-state index contributed by atoms with van der Waals surface area (Å²) in [5, 5.41) is 0. The maximum atomic E-state index is 11.0. The molecule has 0 bridgehead atoms. The van der Waals surface area contributed by atoms with Crippen LogP contribution in [0.5, 0.6) is 0 Å². The van der Waals surface area contributed by atoms with Crippen LogP contribution >= 0.6 is 0 Å². The molecule has 0 aliphatic rings. The van der Waals surface area contributed by atoms with Crippen molar-refractivity contribution in [2.24, 2.45) is 5.73 Å². The molecule has 4 nitrogen and oxygen atoms in total. The first-order chi connectivity index (χ1) is 6.06. The van der Waals surface area contributed by atoms with E-state index in [0.717, 1.165) is 17.0 Å². The number of hydrogen-bond acceptors (Lipinski definition) is 3. The second-order valence-electron chi connectivity index (χ2n) is 3.30. The summed E-state index contributed by atoms with van der Waals surface area (Å²) >= 11 is 0.